The van der Waals surface area contributed by atoms with Gasteiger partial charge in [0.1, 0.15) is 12.1 Å². The number of hydrogen-bond acceptors (Lipinski definition) is 7. The van der Waals surface area contributed by atoms with Crippen molar-refractivity contribution < 1.29 is 32.4 Å². The summed E-state index contributed by atoms with van der Waals surface area (Å²) in [5.41, 5.74) is -1.93. The van der Waals surface area contributed by atoms with E-state index >= 15 is 0 Å². The lowest BCUT2D eigenvalue weighted by Gasteiger charge is -2.41. The van der Waals surface area contributed by atoms with E-state index in [-0.39, 0.29) is 35.5 Å². The first-order chi connectivity index (χ1) is 23.5. The maximum Gasteiger partial charge on any atom is 0.315 e. The van der Waals surface area contributed by atoms with Gasteiger partial charge in [-0.15, -0.1) is 6.58 Å². The largest absolute Gasteiger partial charge is 0.349 e. The van der Waals surface area contributed by atoms with Crippen LogP contribution in [0, 0.1) is 28.6 Å². The number of sulfone groups is 1. The molecular weight excluding hydrogens is 671 g/mol. The second-order valence-corrected chi connectivity index (χ2v) is 21.0. The van der Waals surface area contributed by atoms with Crippen molar-refractivity contribution in [2.75, 3.05) is 18.8 Å². The van der Waals surface area contributed by atoms with E-state index in [1.807, 2.05) is 20.8 Å². The maximum absolute atomic E-state index is 14.5. The van der Waals surface area contributed by atoms with E-state index < -0.39 is 73.2 Å². The van der Waals surface area contributed by atoms with E-state index in [0.717, 1.165) is 38.5 Å². The summed E-state index contributed by atoms with van der Waals surface area (Å²) in [5.74, 6) is -2.38. The zero-order valence-electron chi connectivity index (χ0n) is 32.2. The maximum atomic E-state index is 14.5. The summed E-state index contributed by atoms with van der Waals surface area (Å²) in [6, 6.07) is -3.54. The molecule has 0 aromatic carbocycles. The molecule has 3 saturated carbocycles. The minimum absolute atomic E-state index is 0.0581. The number of piperidine rings is 1. The van der Waals surface area contributed by atoms with E-state index in [1.165, 1.54) is 0 Å². The Labute approximate surface area is 305 Å². The molecule has 0 aromatic heterocycles. The molecular formula is C38H63N5O7S. The third-order valence-corrected chi connectivity index (χ3v) is 14.8. The molecule has 4 fully saturated rings. The first kappa shape index (κ1) is 40.8. The molecule has 1 heterocycles. The van der Waals surface area contributed by atoms with Crippen LogP contribution < -0.4 is 21.3 Å². The Kier molecular flexibility index (Phi) is 12.1. The molecule has 12 nitrogen and oxygen atoms in total. The Hall–Kier alpha value is -2.96. The van der Waals surface area contributed by atoms with Crippen LogP contribution in [0.2, 0.25) is 0 Å². The second-order valence-electron chi connectivity index (χ2n) is 18.3. The fourth-order valence-corrected chi connectivity index (χ4v) is 9.75. The van der Waals surface area contributed by atoms with Crippen LogP contribution in [0.4, 0.5) is 4.79 Å². The van der Waals surface area contributed by atoms with Crippen molar-refractivity contribution >= 4 is 39.4 Å². The van der Waals surface area contributed by atoms with E-state index in [4.69, 9.17) is 0 Å². The Morgan fingerprint density at radius 3 is 2.10 bits per heavy atom. The zero-order valence-corrected chi connectivity index (χ0v) is 33.0. The first-order valence-electron chi connectivity index (χ1n) is 18.9. The van der Waals surface area contributed by atoms with Crippen molar-refractivity contribution in [2.24, 2.45) is 28.6 Å². The molecule has 1 saturated heterocycles. The fraction of sp³-hybridized carbons (Fsp3) is 0.816. The molecule has 1 aliphatic heterocycles. The van der Waals surface area contributed by atoms with Crippen LogP contribution in [0.3, 0.4) is 0 Å². The molecule has 5 amide bonds. The number of nitrogens with zero attached hydrogens (tertiary/aromatic N) is 1. The van der Waals surface area contributed by atoms with Crippen LogP contribution in [-0.2, 0) is 29.0 Å². The minimum Gasteiger partial charge on any atom is -0.349 e. The highest BCUT2D eigenvalue weighted by Crippen LogP contribution is 2.65. The number of likely N-dealkylation sites (tertiary alicyclic amines) is 1. The van der Waals surface area contributed by atoms with Gasteiger partial charge in [-0.2, -0.15) is 0 Å². The average Bonchev–Trinajstić information content (AvgIpc) is 3.30. The van der Waals surface area contributed by atoms with Crippen molar-refractivity contribution in [3.63, 3.8) is 0 Å². The predicted octanol–water partition coefficient (Wildman–Crippen LogP) is 4.04. The van der Waals surface area contributed by atoms with Crippen LogP contribution in [0.1, 0.15) is 120 Å². The predicted molar refractivity (Wildman–Crippen MR) is 197 cm³/mol. The number of amides is 5. The van der Waals surface area contributed by atoms with E-state index in [0.29, 0.717) is 32.2 Å². The Bertz CT molecular complexity index is 1470. The highest BCUT2D eigenvalue weighted by molar-refractivity contribution is 7.92. The molecule has 288 valence electrons. The van der Waals surface area contributed by atoms with Gasteiger partial charge in [-0.25, -0.2) is 13.2 Å². The number of ketones is 1. The van der Waals surface area contributed by atoms with E-state index in [2.05, 4.69) is 41.7 Å². The topological polar surface area (TPSA) is 171 Å². The molecule has 0 spiro atoms. The normalized spacial score (nSPS) is 25.3. The number of Topliss-reactive ketones (excluding diaryl/α,β-unsaturated/α-hetero) is 1. The molecule has 13 heteroatoms. The van der Waals surface area contributed by atoms with Gasteiger partial charge in [-0.05, 0) is 75.0 Å². The Balaban J connectivity index is 1.55. The SMILES string of the molecule is C=CCCNC(=O)C(=O)C(CC1CCC1)NC(=O)[C@@H]1[C@@H]2[C@H](CN1C(=O)[C@@H](NC(=O)NC1(CS(=O)(=O)C(C)(C)C)CCCCC1)C(C)(C)C)C2(C)C. The van der Waals surface area contributed by atoms with Gasteiger partial charge in [0.25, 0.3) is 5.91 Å². The molecule has 0 bridgehead atoms. The molecule has 51 heavy (non-hydrogen) atoms. The molecule has 4 rings (SSSR count). The van der Waals surface area contributed by atoms with Crippen molar-refractivity contribution in [1.29, 1.82) is 0 Å². The van der Waals surface area contributed by atoms with E-state index in [1.54, 1.807) is 31.7 Å². The van der Waals surface area contributed by atoms with Gasteiger partial charge in [0.15, 0.2) is 9.84 Å². The zero-order chi connectivity index (χ0) is 38.2. The number of carbonyl (C=O) groups excluding carboxylic acids is 5. The number of nitrogens with one attached hydrogen (secondary N) is 4. The van der Waals surface area contributed by atoms with Crippen molar-refractivity contribution in [1.82, 2.24) is 26.2 Å². The van der Waals surface area contributed by atoms with Crippen LogP contribution in [-0.4, -0.2) is 90.1 Å². The average molecular weight is 734 g/mol. The third-order valence-electron chi connectivity index (χ3n) is 12.0. The summed E-state index contributed by atoms with van der Waals surface area (Å²) in [5, 5.41) is 11.4. The smallest absolute Gasteiger partial charge is 0.315 e. The lowest BCUT2D eigenvalue weighted by molar-refractivity contribution is -0.145. The number of carbonyl (C=O) groups is 5. The van der Waals surface area contributed by atoms with Gasteiger partial charge >= 0.3 is 6.03 Å². The summed E-state index contributed by atoms with van der Waals surface area (Å²) >= 11 is 0. The molecule has 5 atom stereocenters. The molecule has 3 aliphatic carbocycles. The van der Waals surface area contributed by atoms with Crippen molar-refractivity contribution in [3.8, 4) is 0 Å². The molecule has 4 aliphatic rings. The van der Waals surface area contributed by atoms with Crippen LogP contribution in [0.15, 0.2) is 12.7 Å². The number of hydrogen-bond donors (Lipinski definition) is 4. The highest BCUT2D eigenvalue weighted by atomic mass is 32.2. The number of rotatable bonds is 14. The second kappa shape index (κ2) is 15.2. The quantitative estimate of drug-likeness (QED) is 0.119. The van der Waals surface area contributed by atoms with Gasteiger partial charge in [-0.1, -0.05) is 79.2 Å². The van der Waals surface area contributed by atoms with Crippen molar-refractivity contribution in [2.45, 2.75) is 148 Å². The van der Waals surface area contributed by atoms with E-state index in [9.17, 15) is 32.4 Å². The van der Waals surface area contributed by atoms with Gasteiger partial charge in [0.05, 0.1) is 22.1 Å². The number of urea groups is 1. The summed E-state index contributed by atoms with van der Waals surface area (Å²) in [6.45, 7) is 18.9. The summed E-state index contributed by atoms with van der Waals surface area (Å²) < 4.78 is 25.7. The van der Waals surface area contributed by atoms with Gasteiger partial charge < -0.3 is 26.2 Å². The van der Waals surface area contributed by atoms with Gasteiger partial charge in [-0.3, -0.25) is 19.2 Å². The van der Waals surface area contributed by atoms with Crippen LogP contribution in [0.5, 0.6) is 0 Å². The molecule has 0 aromatic rings. The standard InChI is InChI=1S/C38H63N5O7S/c1-10-11-20-39-32(46)29(44)26(21-24-16-15-17-24)40-31(45)28-27-25(37(27,8)9)22-43(28)33(47)30(35(2,3)4)41-34(48)42-38(18-13-12-14-19-38)23-51(49,50)36(5,6)7/h10,24-28,30H,1,11-23H2,2-9H3,(H,39,46)(H,40,45)(H2,41,42,48)/t25-,26?,27-,28-,30+/m0/s1. The Morgan fingerprint density at radius 1 is 0.941 bits per heavy atom. The fourth-order valence-electron chi connectivity index (χ4n) is 8.23. The van der Waals surface area contributed by atoms with Crippen molar-refractivity contribution in [3.05, 3.63) is 12.7 Å². The minimum atomic E-state index is -3.57. The lowest BCUT2D eigenvalue weighted by Crippen LogP contribution is -2.64. The summed E-state index contributed by atoms with van der Waals surface area (Å²) in [6.07, 6.45) is 8.95. The van der Waals surface area contributed by atoms with Gasteiger partial charge in [0, 0.05) is 13.1 Å². The highest BCUT2D eigenvalue weighted by Gasteiger charge is 2.70. The summed E-state index contributed by atoms with van der Waals surface area (Å²) in [4.78, 5) is 70.2. The van der Waals surface area contributed by atoms with Crippen LogP contribution >= 0.6 is 0 Å². The molecule has 1 unspecified atom stereocenters. The van der Waals surface area contributed by atoms with Crippen LogP contribution in [0.25, 0.3) is 0 Å². The molecule has 4 N–H and O–H groups in total. The lowest BCUT2D eigenvalue weighted by atomic mass is 9.80. The first-order valence-corrected chi connectivity index (χ1v) is 20.5. The van der Waals surface area contributed by atoms with Gasteiger partial charge in [0.2, 0.25) is 17.6 Å². The molecule has 0 radical (unpaired) electrons. The summed E-state index contributed by atoms with van der Waals surface area (Å²) in [7, 11) is -3.57. The number of fused-ring (bicyclic) bond motifs is 1. The Morgan fingerprint density at radius 2 is 1.57 bits per heavy atom. The monoisotopic (exact) mass is 733 g/mol. The third kappa shape index (κ3) is 9.16.